The van der Waals surface area contributed by atoms with Crippen LogP contribution in [0.3, 0.4) is 0 Å². The topological polar surface area (TPSA) is 82.1 Å². The number of imidazole rings is 1. The zero-order valence-electron chi connectivity index (χ0n) is 15.3. The standard InChI is InChI=1S/C18H22N4O3S/c1-11-5-7-13(8-6-11)9-22-14-15(19-17(22)26-10-12(2)23)20(3)18(25)21(4)16(14)24/h5-8,12,23H,9-10H2,1-4H3. The van der Waals surface area contributed by atoms with Crippen LogP contribution in [0.2, 0.25) is 0 Å². The van der Waals surface area contributed by atoms with Crippen LogP contribution in [0.25, 0.3) is 11.2 Å². The van der Waals surface area contributed by atoms with Gasteiger partial charge in [-0.1, -0.05) is 41.6 Å². The van der Waals surface area contributed by atoms with Gasteiger partial charge in [0.1, 0.15) is 0 Å². The van der Waals surface area contributed by atoms with Crippen molar-refractivity contribution in [1.29, 1.82) is 0 Å². The molecule has 0 aliphatic carbocycles. The summed E-state index contributed by atoms with van der Waals surface area (Å²) in [4.78, 5) is 29.5. The molecule has 0 saturated carbocycles. The quantitative estimate of drug-likeness (QED) is 0.680. The van der Waals surface area contributed by atoms with Crippen LogP contribution >= 0.6 is 11.8 Å². The summed E-state index contributed by atoms with van der Waals surface area (Å²) < 4.78 is 4.31. The Bertz CT molecular complexity index is 1060. The molecule has 1 N–H and O–H groups in total. The number of hydrogen-bond donors (Lipinski definition) is 1. The van der Waals surface area contributed by atoms with Gasteiger partial charge in [-0.05, 0) is 19.4 Å². The van der Waals surface area contributed by atoms with E-state index >= 15 is 0 Å². The number of aliphatic hydroxyl groups is 1. The average Bonchev–Trinajstić information content (AvgIpc) is 2.96. The first-order valence-corrected chi connectivity index (χ1v) is 9.30. The van der Waals surface area contributed by atoms with Crippen LogP contribution in [0.5, 0.6) is 0 Å². The summed E-state index contributed by atoms with van der Waals surface area (Å²) in [6.45, 7) is 4.19. The smallest absolute Gasteiger partial charge is 0.332 e. The average molecular weight is 374 g/mol. The van der Waals surface area contributed by atoms with Gasteiger partial charge in [0.15, 0.2) is 16.3 Å². The molecular weight excluding hydrogens is 352 g/mol. The first-order valence-electron chi connectivity index (χ1n) is 8.32. The largest absolute Gasteiger partial charge is 0.393 e. The summed E-state index contributed by atoms with van der Waals surface area (Å²) >= 11 is 1.37. The Kier molecular flexibility index (Phi) is 5.06. The van der Waals surface area contributed by atoms with Gasteiger partial charge in [0.25, 0.3) is 5.56 Å². The van der Waals surface area contributed by atoms with Crippen molar-refractivity contribution in [2.75, 3.05) is 5.75 Å². The highest BCUT2D eigenvalue weighted by atomic mass is 32.2. The van der Waals surface area contributed by atoms with E-state index in [4.69, 9.17) is 0 Å². The summed E-state index contributed by atoms with van der Waals surface area (Å²) in [5, 5.41) is 10.2. The van der Waals surface area contributed by atoms with E-state index in [2.05, 4.69) is 4.98 Å². The van der Waals surface area contributed by atoms with Gasteiger partial charge in [-0.3, -0.25) is 13.9 Å². The van der Waals surface area contributed by atoms with Gasteiger partial charge >= 0.3 is 5.69 Å². The minimum absolute atomic E-state index is 0.360. The number of aromatic nitrogens is 4. The molecule has 3 aromatic rings. The molecule has 26 heavy (non-hydrogen) atoms. The number of nitrogens with zero attached hydrogens (tertiary/aromatic N) is 4. The Morgan fingerprint density at radius 3 is 2.42 bits per heavy atom. The van der Waals surface area contributed by atoms with Crippen molar-refractivity contribution >= 4 is 22.9 Å². The molecule has 1 unspecified atom stereocenters. The summed E-state index contributed by atoms with van der Waals surface area (Å²) in [6.07, 6.45) is -0.501. The van der Waals surface area contributed by atoms with Crippen LogP contribution in [0.15, 0.2) is 39.0 Å². The summed E-state index contributed by atoms with van der Waals surface area (Å²) in [5.74, 6) is 0.450. The van der Waals surface area contributed by atoms with Crippen LogP contribution in [0, 0.1) is 6.92 Å². The predicted octanol–water partition coefficient (Wildman–Crippen LogP) is 1.26. The van der Waals surface area contributed by atoms with Gasteiger partial charge in [0.2, 0.25) is 0 Å². The van der Waals surface area contributed by atoms with E-state index in [1.165, 1.54) is 23.4 Å². The monoisotopic (exact) mass is 374 g/mol. The van der Waals surface area contributed by atoms with E-state index in [1.54, 1.807) is 14.0 Å². The lowest BCUT2D eigenvalue weighted by Crippen LogP contribution is -2.37. The van der Waals surface area contributed by atoms with Crippen molar-refractivity contribution in [3.63, 3.8) is 0 Å². The summed E-state index contributed by atoms with van der Waals surface area (Å²) in [6, 6.07) is 8.06. The molecule has 1 aromatic carbocycles. The predicted molar refractivity (Wildman–Crippen MR) is 103 cm³/mol. The number of rotatable bonds is 5. The lowest BCUT2D eigenvalue weighted by molar-refractivity contribution is 0.220. The Balaban J connectivity index is 2.22. The molecule has 0 aliphatic heterocycles. The number of fused-ring (bicyclic) bond motifs is 1. The van der Waals surface area contributed by atoms with Gasteiger partial charge in [0, 0.05) is 19.8 Å². The van der Waals surface area contributed by atoms with Crippen molar-refractivity contribution in [2.45, 2.75) is 31.7 Å². The number of aliphatic hydroxyl groups excluding tert-OH is 1. The Hall–Kier alpha value is -2.32. The number of aryl methyl sites for hydroxylation is 2. The molecule has 2 aromatic heterocycles. The highest BCUT2D eigenvalue weighted by Crippen LogP contribution is 2.23. The molecule has 1 atom stereocenters. The van der Waals surface area contributed by atoms with E-state index in [0.717, 1.165) is 15.7 Å². The molecule has 0 spiro atoms. The summed E-state index contributed by atoms with van der Waals surface area (Å²) in [5.41, 5.74) is 2.17. The molecule has 0 fully saturated rings. The third-order valence-corrected chi connectivity index (χ3v) is 5.45. The van der Waals surface area contributed by atoms with Gasteiger partial charge in [0.05, 0.1) is 12.6 Å². The Morgan fingerprint density at radius 1 is 1.15 bits per heavy atom. The third kappa shape index (κ3) is 3.34. The molecule has 0 saturated heterocycles. The first-order chi connectivity index (χ1) is 12.3. The van der Waals surface area contributed by atoms with Gasteiger partial charge < -0.3 is 9.67 Å². The maximum absolute atomic E-state index is 12.7. The highest BCUT2D eigenvalue weighted by molar-refractivity contribution is 7.99. The molecule has 8 heteroatoms. The Morgan fingerprint density at radius 2 is 1.81 bits per heavy atom. The van der Waals surface area contributed by atoms with Crippen LogP contribution in [-0.4, -0.2) is 35.6 Å². The lowest BCUT2D eigenvalue weighted by Gasteiger charge is -2.10. The second kappa shape index (κ2) is 7.13. The highest BCUT2D eigenvalue weighted by Gasteiger charge is 2.20. The molecule has 7 nitrogen and oxygen atoms in total. The lowest BCUT2D eigenvalue weighted by atomic mass is 10.1. The molecule has 0 bridgehead atoms. The van der Waals surface area contributed by atoms with Crippen molar-refractivity contribution in [2.24, 2.45) is 14.1 Å². The van der Waals surface area contributed by atoms with E-state index in [0.29, 0.717) is 28.6 Å². The van der Waals surface area contributed by atoms with Crippen molar-refractivity contribution in [3.05, 3.63) is 56.2 Å². The maximum Gasteiger partial charge on any atom is 0.332 e. The van der Waals surface area contributed by atoms with E-state index < -0.39 is 11.8 Å². The normalized spacial score (nSPS) is 12.7. The number of hydrogen-bond acceptors (Lipinski definition) is 5. The van der Waals surface area contributed by atoms with Crippen LogP contribution in [0.4, 0.5) is 0 Å². The fraction of sp³-hybridized carbons (Fsp3) is 0.389. The van der Waals surface area contributed by atoms with Gasteiger partial charge in [-0.15, -0.1) is 0 Å². The second-order valence-corrected chi connectivity index (χ2v) is 7.49. The molecule has 0 aliphatic rings. The molecule has 0 radical (unpaired) electrons. The molecule has 0 amide bonds. The van der Waals surface area contributed by atoms with Crippen LogP contribution in [0.1, 0.15) is 18.1 Å². The molecular formula is C18H22N4O3S. The van der Waals surface area contributed by atoms with Crippen LogP contribution in [-0.2, 0) is 20.6 Å². The first kappa shape index (κ1) is 18.5. The maximum atomic E-state index is 12.7. The SMILES string of the molecule is Cc1ccc(Cn2c(SCC(C)O)nc3c2c(=O)n(C)c(=O)n3C)cc1. The van der Waals surface area contributed by atoms with Gasteiger partial charge in [-0.2, -0.15) is 0 Å². The second-order valence-electron chi connectivity index (χ2n) is 6.50. The fourth-order valence-electron chi connectivity index (χ4n) is 2.75. The van der Waals surface area contributed by atoms with Crippen LogP contribution < -0.4 is 11.2 Å². The van der Waals surface area contributed by atoms with E-state index in [1.807, 2.05) is 35.8 Å². The minimum atomic E-state index is -0.501. The minimum Gasteiger partial charge on any atom is -0.393 e. The third-order valence-electron chi connectivity index (χ3n) is 4.23. The van der Waals surface area contributed by atoms with E-state index in [9.17, 15) is 14.7 Å². The molecule has 138 valence electrons. The number of thioether (sulfide) groups is 1. The van der Waals surface area contributed by atoms with Crippen molar-refractivity contribution in [1.82, 2.24) is 18.7 Å². The molecule has 2 heterocycles. The zero-order chi connectivity index (χ0) is 19.0. The molecule has 3 rings (SSSR count). The van der Waals surface area contributed by atoms with Crippen molar-refractivity contribution < 1.29 is 5.11 Å². The van der Waals surface area contributed by atoms with E-state index in [-0.39, 0.29) is 5.56 Å². The zero-order valence-corrected chi connectivity index (χ0v) is 16.1. The van der Waals surface area contributed by atoms with Gasteiger partial charge in [-0.25, -0.2) is 9.78 Å². The van der Waals surface area contributed by atoms with Crippen molar-refractivity contribution in [3.8, 4) is 0 Å². The Labute approximate surface area is 154 Å². The summed E-state index contributed by atoms with van der Waals surface area (Å²) in [7, 11) is 3.08. The fourth-order valence-corrected chi connectivity index (χ4v) is 3.61. The number of benzene rings is 1.